The van der Waals surface area contributed by atoms with Gasteiger partial charge in [0.15, 0.2) is 0 Å². The van der Waals surface area contributed by atoms with Gasteiger partial charge in [-0.3, -0.25) is 0 Å². The number of aliphatic hydroxyl groups is 1. The molecule has 1 N–H and O–H groups in total. The molecule has 0 unspecified atom stereocenters. The SMILES string of the molecule is N#Cc1cccc(Oc2ccc(CO)c(C(F)(F)F)c2)c1. The minimum absolute atomic E-state index is 0.0189. The van der Waals surface area contributed by atoms with Crippen LogP contribution in [0.4, 0.5) is 13.2 Å². The molecule has 0 spiro atoms. The lowest BCUT2D eigenvalue weighted by Gasteiger charge is -2.13. The first kappa shape index (κ1) is 14.9. The first-order chi connectivity index (χ1) is 9.94. The van der Waals surface area contributed by atoms with Crippen molar-refractivity contribution in [2.45, 2.75) is 12.8 Å². The van der Waals surface area contributed by atoms with Gasteiger partial charge < -0.3 is 9.84 Å². The molecule has 0 aromatic heterocycles. The van der Waals surface area contributed by atoms with E-state index >= 15 is 0 Å². The van der Waals surface area contributed by atoms with Crippen molar-refractivity contribution in [1.29, 1.82) is 5.26 Å². The van der Waals surface area contributed by atoms with Crippen LogP contribution in [-0.4, -0.2) is 5.11 Å². The highest BCUT2D eigenvalue weighted by Gasteiger charge is 2.33. The van der Waals surface area contributed by atoms with Crippen molar-refractivity contribution in [3.8, 4) is 17.6 Å². The summed E-state index contributed by atoms with van der Waals surface area (Å²) in [4.78, 5) is 0. The molecule has 0 aliphatic rings. The summed E-state index contributed by atoms with van der Waals surface area (Å²) in [6.07, 6.45) is -4.58. The van der Waals surface area contributed by atoms with Crippen molar-refractivity contribution >= 4 is 0 Å². The second kappa shape index (κ2) is 5.85. The van der Waals surface area contributed by atoms with Crippen LogP contribution in [0.3, 0.4) is 0 Å². The molecular formula is C15H10F3NO2. The summed E-state index contributed by atoms with van der Waals surface area (Å²) >= 11 is 0. The molecule has 3 nitrogen and oxygen atoms in total. The predicted octanol–water partition coefficient (Wildman–Crippen LogP) is 3.86. The molecule has 0 aliphatic carbocycles. The number of halogens is 3. The molecule has 0 fully saturated rings. The Morgan fingerprint density at radius 3 is 2.43 bits per heavy atom. The van der Waals surface area contributed by atoms with Crippen LogP contribution in [-0.2, 0) is 12.8 Å². The zero-order valence-electron chi connectivity index (χ0n) is 10.7. The largest absolute Gasteiger partial charge is 0.457 e. The molecule has 0 amide bonds. The summed E-state index contributed by atoms with van der Waals surface area (Å²) in [5.41, 5.74) is -0.824. The van der Waals surface area contributed by atoms with Crippen molar-refractivity contribution in [3.05, 3.63) is 59.2 Å². The van der Waals surface area contributed by atoms with Gasteiger partial charge in [0.1, 0.15) is 11.5 Å². The van der Waals surface area contributed by atoms with Crippen molar-refractivity contribution in [3.63, 3.8) is 0 Å². The van der Waals surface area contributed by atoms with E-state index in [9.17, 15) is 13.2 Å². The molecule has 0 saturated heterocycles. The third-order valence-electron chi connectivity index (χ3n) is 2.76. The zero-order valence-corrected chi connectivity index (χ0v) is 10.7. The van der Waals surface area contributed by atoms with E-state index in [0.717, 1.165) is 12.1 Å². The summed E-state index contributed by atoms with van der Waals surface area (Å²) in [6.45, 7) is -0.709. The minimum Gasteiger partial charge on any atom is -0.457 e. The summed E-state index contributed by atoms with van der Waals surface area (Å²) < 4.78 is 43.9. The van der Waals surface area contributed by atoms with Crippen LogP contribution in [0.1, 0.15) is 16.7 Å². The summed E-state index contributed by atoms with van der Waals surface area (Å²) in [7, 11) is 0. The maximum atomic E-state index is 12.9. The predicted molar refractivity (Wildman–Crippen MR) is 68.6 cm³/mol. The van der Waals surface area contributed by atoms with Gasteiger partial charge in [-0.2, -0.15) is 18.4 Å². The topological polar surface area (TPSA) is 53.2 Å². The number of nitriles is 1. The van der Waals surface area contributed by atoms with Crippen LogP contribution < -0.4 is 4.74 Å². The summed E-state index contributed by atoms with van der Waals surface area (Å²) in [5, 5.41) is 17.7. The van der Waals surface area contributed by atoms with Crippen LogP contribution in [0.5, 0.6) is 11.5 Å². The zero-order chi connectivity index (χ0) is 15.5. The van der Waals surface area contributed by atoms with Gasteiger partial charge in [0.25, 0.3) is 0 Å². The molecule has 2 aromatic carbocycles. The normalized spacial score (nSPS) is 11.0. The molecule has 0 aliphatic heterocycles. The first-order valence-corrected chi connectivity index (χ1v) is 5.93. The molecular weight excluding hydrogens is 283 g/mol. The number of ether oxygens (including phenoxy) is 1. The number of hydrogen-bond donors (Lipinski definition) is 1. The van der Waals surface area contributed by atoms with Gasteiger partial charge in [0.05, 0.1) is 23.8 Å². The second-order valence-corrected chi connectivity index (χ2v) is 4.22. The fraction of sp³-hybridized carbons (Fsp3) is 0.133. The molecule has 0 saturated carbocycles. The second-order valence-electron chi connectivity index (χ2n) is 4.22. The maximum absolute atomic E-state index is 12.9. The van der Waals surface area contributed by atoms with Gasteiger partial charge >= 0.3 is 6.18 Å². The van der Waals surface area contributed by atoms with E-state index in [2.05, 4.69) is 0 Å². The molecule has 2 aromatic rings. The minimum atomic E-state index is -4.58. The standard InChI is InChI=1S/C15H10F3NO2/c16-15(17,18)14-7-13(5-4-11(14)9-20)21-12-3-1-2-10(6-12)8-19/h1-7,20H,9H2. The molecule has 0 radical (unpaired) electrons. The number of hydrogen-bond acceptors (Lipinski definition) is 3. The Kier molecular flexibility index (Phi) is 4.15. The van der Waals surface area contributed by atoms with Crippen molar-refractivity contribution in [2.75, 3.05) is 0 Å². The van der Waals surface area contributed by atoms with Gasteiger partial charge in [-0.05, 0) is 35.9 Å². The maximum Gasteiger partial charge on any atom is 0.416 e. The summed E-state index contributed by atoms with van der Waals surface area (Å²) in [5.74, 6) is 0.244. The Bertz CT molecular complexity index is 690. The fourth-order valence-corrected chi connectivity index (χ4v) is 1.79. The van der Waals surface area contributed by atoms with Gasteiger partial charge in [0.2, 0.25) is 0 Å². The smallest absolute Gasteiger partial charge is 0.416 e. The number of nitrogens with zero attached hydrogens (tertiary/aromatic N) is 1. The van der Waals surface area contributed by atoms with Crippen molar-refractivity contribution in [2.24, 2.45) is 0 Å². The van der Waals surface area contributed by atoms with Crippen LogP contribution in [0.25, 0.3) is 0 Å². The van der Waals surface area contributed by atoms with Crippen LogP contribution >= 0.6 is 0 Å². The third-order valence-corrected chi connectivity index (χ3v) is 2.76. The van der Waals surface area contributed by atoms with Crippen LogP contribution in [0, 0.1) is 11.3 Å². The molecule has 6 heteroatoms. The quantitative estimate of drug-likeness (QED) is 0.934. The molecule has 0 bridgehead atoms. The van der Waals surface area contributed by atoms with Gasteiger partial charge in [-0.1, -0.05) is 12.1 Å². The fourth-order valence-electron chi connectivity index (χ4n) is 1.79. The number of benzene rings is 2. The highest BCUT2D eigenvalue weighted by molar-refractivity contribution is 5.42. The molecule has 0 heterocycles. The molecule has 2 rings (SSSR count). The Hall–Kier alpha value is -2.52. The van der Waals surface area contributed by atoms with E-state index in [0.29, 0.717) is 5.56 Å². The number of aliphatic hydroxyl groups excluding tert-OH is 1. The molecule has 108 valence electrons. The molecule has 21 heavy (non-hydrogen) atoms. The Labute approximate surface area is 118 Å². The van der Waals surface area contributed by atoms with Crippen molar-refractivity contribution in [1.82, 2.24) is 0 Å². The van der Waals surface area contributed by atoms with E-state index < -0.39 is 18.3 Å². The van der Waals surface area contributed by atoms with Gasteiger partial charge in [-0.25, -0.2) is 0 Å². The first-order valence-electron chi connectivity index (χ1n) is 5.93. The molecule has 0 atom stereocenters. The lowest BCUT2D eigenvalue weighted by molar-refractivity contribution is -0.138. The number of rotatable bonds is 3. The monoisotopic (exact) mass is 293 g/mol. The Morgan fingerprint density at radius 2 is 1.81 bits per heavy atom. The van der Waals surface area contributed by atoms with E-state index in [1.54, 1.807) is 12.1 Å². The van der Waals surface area contributed by atoms with E-state index in [1.165, 1.54) is 18.2 Å². The van der Waals surface area contributed by atoms with E-state index in [-0.39, 0.29) is 17.1 Å². The summed E-state index contributed by atoms with van der Waals surface area (Å²) in [6, 6.07) is 11.3. The lowest BCUT2D eigenvalue weighted by atomic mass is 10.1. The van der Waals surface area contributed by atoms with E-state index in [1.807, 2.05) is 6.07 Å². The van der Waals surface area contributed by atoms with Crippen molar-refractivity contribution < 1.29 is 23.0 Å². The Balaban J connectivity index is 2.35. The highest BCUT2D eigenvalue weighted by atomic mass is 19.4. The average Bonchev–Trinajstić information content (AvgIpc) is 2.46. The van der Waals surface area contributed by atoms with Crippen LogP contribution in [0.2, 0.25) is 0 Å². The third kappa shape index (κ3) is 3.52. The lowest BCUT2D eigenvalue weighted by Crippen LogP contribution is -2.09. The van der Waals surface area contributed by atoms with Crippen LogP contribution in [0.15, 0.2) is 42.5 Å². The van der Waals surface area contributed by atoms with Gasteiger partial charge in [-0.15, -0.1) is 0 Å². The number of alkyl halides is 3. The Morgan fingerprint density at radius 1 is 1.10 bits per heavy atom. The van der Waals surface area contributed by atoms with Gasteiger partial charge in [0, 0.05) is 0 Å². The average molecular weight is 293 g/mol. The van der Waals surface area contributed by atoms with E-state index in [4.69, 9.17) is 15.1 Å². The highest BCUT2D eigenvalue weighted by Crippen LogP contribution is 2.35.